The molecule has 2 aromatic heterocycles. The van der Waals surface area contributed by atoms with Gasteiger partial charge >= 0.3 is 0 Å². The first kappa shape index (κ1) is 18.3. The number of fused-ring (bicyclic) bond motifs is 1. The Morgan fingerprint density at radius 1 is 1.03 bits per heavy atom. The van der Waals surface area contributed by atoms with Crippen LogP contribution in [-0.2, 0) is 12.8 Å². The molecule has 1 aliphatic rings. The van der Waals surface area contributed by atoms with Gasteiger partial charge in [-0.2, -0.15) is 10.2 Å². The van der Waals surface area contributed by atoms with E-state index in [1.54, 1.807) is 29.8 Å². The molecule has 1 N–H and O–H groups in total. The van der Waals surface area contributed by atoms with E-state index in [0.29, 0.717) is 22.8 Å². The number of carbonyl (C=O) groups is 1. The van der Waals surface area contributed by atoms with E-state index < -0.39 is 5.82 Å². The fraction of sp³-hybridized carbons (Fsp3) is 0.174. The van der Waals surface area contributed by atoms with Crippen LogP contribution in [0.4, 0.5) is 10.2 Å². The fourth-order valence-electron chi connectivity index (χ4n) is 3.95. The second-order valence-electron chi connectivity index (χ2n) is 7.34. The van der Waals surface area contributed by atoms with Crippen LogP contribution >= 0.6 is 0 Å². The minimum Gasteiger partial charge on any atom is -0.306 e. The summed E-state index contributed by atoms with van der Waals surface area (Å²) in [5.74, 6) is 0.00856. The number of anilines is 1. The summed E-state index contributed by atoms with van der Waals surface area (Å²) in [4.78, 5) is 13.1. The number of carbonyl (C=O) groups excluding carboxylic acids is 1. The van der Waals surface area contributed by atoms with Gasteiger partial charge in [0.15, 0.2) is 0 Å². The molecule has 30 heavy (non-hydrogen) atoms. The summed E-state index contributed by atoms with van der Waals surface area (Å²) < 4.78 is 17.4. The lowest BCUT2D eigenvalue weighted by Gasteiger charge is -2.11. The van der Waals surface area contributed by atoms with Crippen LogP contribution in [0.15, 0.2) is 60.8 Å². The highest BCUT2D eigenvalue weighted by Crippen LogP contribution is 2.31. The number of aryl methyl sites for hydroxylation is 1. The highest BCUT2D eigenvalue weighted by atomic mass is 19.1. The highest BCUT2D eigenvalue weighted by Gasteiger charge is 2.26. The zero-order chi connectivity index (χ0) is 20.7. The Bertz CT molecular complexity index is 1240. The van der Waals surface area contributed by atoms with E-state index in [4.69, 9.17) is 5.10 Å². The lowest BCUT2D eigenvalue weighted by molar-refractivity contribution is 0.102. The standard InChI is InChI=1S/C23H20FN5O/c1-15-18(14-25-28(15)21-13-6-5-11-19(21)24)23(30)26-22-17-10-7-12-20(17)27-29(22)16-8-3-2-4-9-16/h2-6,8-9,11,13-14H,7,10,12H2,1H3,(H,26,30). The Morgan fingerprint density at radius 2 is 1.80 bits per heavy atom. The third-order valence-corrected chi connectivity index (χ3v) is 5.47. The Kier molecular flexibility index (Phi) is 4.43. The van der Waals surface area contributed by atoms with Crippen LogP contribution in [0, 0.1) is 12.7 Å². The zero-order valence-corrected chi connectivity index (χ0v) is 16.5. The molecule has 0 saturated carbocycles. The van der Waals surface area contributed by atoms with E-state index in [-0.39, 0.29) is 5.91 Å². The number of amides is 1. The quantitative estimate of drug-likeness (QED) is 0.556. The van der Waals surface area contributed by atoms with E-state index >= 15 is 0 Å². The molecule has 0 bridgehead atoms. The number of hydrogen-bond donors (Lipinski definition) is 1. The van der Waals surface area contributed by atoms with Crippen molar-refractivity contribution >= 4 is 11.7 Å². The molecule has 0 radical (unpaired) electrons. The van der Waals surface area contributed by atoms with E-state index in [1.165, 1.54) is 16.9 Å². The van der Waals surface area contributed by atoms with Gasteiger partial charge in [-0.05, 0) is 50.5 Å². The normalized spacial score (nSPS) is 12.7. The number of hydrogen-bond acceptors (Lipinski definition) is 3. The van der Waals surface area contributed by atoms with Crippen molar-refractivity contribution < 1.29 is 9.18 Å². The summed E-state index contributed by atoms with van der Waals surface area (Å²) in [6.07, 6.45) is 4.29. The van der Waals surface area contributed by atoms with Gasteiger partial charge in [-0.15, -0.1) is 0 Å². The minimum absolute atomic E-state index is 0.290. The smallest absolute Gasteiger partial charge is 0.260 e. The summed E-state index contributed by atoms with van der Waals surface area (Å²) in [6.45, 7) is 1.76. The van der Waals surface area contributed by atoms with Crippen molar-refractivity contribution in [3.05, 3.63) is 89.1 Å². The zero-order valence-electron chi connectivity index (χ0n) is 16.5. The average Bonchev–Trinajstić information content (AvgIpc) is 3.45. The van der Waals surface area contributed by atoms with E-state index in [0.717, 1.165) is 36.2 Å². The predicted octanol–water partition coefficient (Wildman–Crippen LogP) is 4.25. The number of nitrogens with zero attached hydrogens (tertiary/aromatic N) is 4. The van der Waals surface area contributed by atoms with Gasteiger partial charge in [-0.1, -0.05) is 30.3 Å². The summed E-state index contributed by atoms with van der Waals surface area (Å²) in [7, 11) is 0. The van der Waals surface area contributed by atoms with Crippen LogP contribution in [0.5, 0.6) is 0 Å². The Morgan fingerprint density at radius 3 is 2.60 bits per heavy atom. The van der Waals surface area contributed by atoms with Crippen molar-refractivity contribution in [3.8, 4) is 11.4 Å². The third-order valence-electron chi connectivity index (χ3n) is 5.47. The first-order valence-corrected chi connectivity index (χ1v) is 9.90. The SMILES string of the molecule is Cc1c(C(=O)Nc2c3c(nn2-c2ccccc2)CCC3)cnn1-c1ccccc1F. The van der Waals surface area contributed by atoms with Crippen LogP contribution in [0.3, 0.4) is 0 Å². The molecule has 0 atom stereocenters. The maximum Gasteiger partial charge on any atom is 0.260 e. The second kappa shape index (κ2) is 7.26. The van der Waals surface area contributed by atoms with Gasteiger partial charge in [0.1, 0.15) is 17.3 Å². The highest BCUT2D eigenvalue weighted by molar-refractivity contribution is 6.05. The molecule has 5 rings (SSSR count). The topological polar surface area (TPSA) is 64.7 Å². The van der Waals surface area contributed by atoms with Crippen LogP contribution in [0.1, 0.15) is 33.7 Å². The van der Waals surface area contributed by atoms with Gasteiger partial charge in [0.2, 0.25) is 0 Å². The van der Waals surface area contributed by atoms with Crippen molar-refractivity contribution in [1.29, 1.82) is 0 Å². The van der Waals surface area contributed by atoms with Crippen molar-refractivity contribution in [2.75, 3.05) is 5.32 Å². The van der Waals surface area contributed by atoms with E-state index in [1.807, 2.05) is 30.3 Å². The van der Waals surface area contributed by atoms with Crippen molar-refractivity contribution in [1.82, 2.24) is 19.6 Å². The van der Waals surface area contributed by atoms with Gasteiger partial charge in [0.25, 0.3) is 5.91 Å². The predicted molar refractivity (Wildman–Crippen MR) is 112 cm³/mol. The van der Waals surface area contributed by atoms with Crippen molar-refractivity contribution in [2.24, 2.45) is 0 Å². The maximum absolute atomic E-state index is 14.2. The minimum atomic E-state index is -0.393. The summed E-state index contributed by atoms with van der Waals surface area (Å²) in [5.41, 5.74) is 4.26. The van der Waals surface area contributed by atoms with Crippen LogP contribution < -0.4 is 5.32 Å². The van der Waals surface area contributed by atoms with Crippen molar-refractivity contribution in [2.45, 2.75) is 26.2 Å². The molecular formula is C23H20FN5O. The van der Waals surface area contributed by atoms with Gasteiger partial charge in [-0.25, -0.2) is 13.8 Å². The number of para-hydroxylation sites is 2. The number of halogens is 1. The van der Waals surface area contributed by atoms with Crippen LogP contribution in [0.2, 0.25) is 0 Å². The Labute approximate surface area is 173 Å². The lowest BCUT2D eigenvalue weighted by Crippen LogP contribution is -2.17. The molecule has 2 heterocycles. The molecule has 1 aliphatic carbocycles. The molecule has 0 unspecified atom stereocenters. The van der Waals surface area contributed by atoms with Gasteiger partial charge in [-0.3, -0.25) is 4.79 Å². The number of aromatic nitrogens is 4. The van der Waals surface area contributed by atoms with E-state index in [2.05, 4.69) is 10.4 Å². The summed E-state index contributed by atoms with van der Waals surface area (Å²) >= 11 is 0. The molecule has 4 aromatic rings. The van der Waals surface area contributed by atoms with Crippen LogP contribution in [-0.4, -0.2) is 25.5 Å². The Balaban J connectivity index is 1.51. The number of nitrogens with one attached hydrogen (secondary N) is 1. The van der Waals surface area contributed by atoms with Gasteiger partial charge in [0.05, 0.1) is 28.8 Å². The summed E-state index contributed by atoms with van der Waals surface area (Å²) in [5, 5.41) is 12.0. The monoisotopic (exact) mass is 401 g/mol. The molecule has 0 fully saturated rings. The molecule has 0 aliphatic heterocycles. The summed E-state index contributed by atoms with van der Waals surface area (Å²) in [6, 6.07) is 16.1. The Hall–Kier alpha value is -3.74. The van der Waals surface area contributed by atoms with E-state index in [9.17, 15) is 9.18 Å². The third kappa shape index (κ3) is 2.99. The number of rotatable bonds is 4. The fourth-order valence-corrected chi connectivity index (χ4v) is 3.95. The van der Waals surface area contributed by atoms with Gasteiger partial charge in [0, 0.05) is 5.56 Å². The molecule has 150 valence electrons. The molecule has 6 nitrogen and oxygen atoms in total. The molecule has 1 amide bonds. The van der Waals surface area contributed by atoms with Crippen LogP contribution in [0.25, 0.3) is 11.4 Å². The van der Waals surface area contributed by atoms with Gasteiger partial charge < -0.3 is 5.32 Å². The molecule has 2 aromatic carbocycles. The lowest BCUT2D eigenvalue weighted by atomic mass is 10.2. The molecule has 0 saturated heterocycles. The number of benzene rings is 2. The maximum atomic E-state index is 14.2. The molecular weight excluding hydrogens is 381 g/mol. The van der Waals surface area contributed by atoms with Crippen molar-refractivity contribution in [3.63, 3.8) is 0 Å². The largest absolute Gasteiger partial charge is 0.306 e. The average molecular weight is 401 g/mol. The first-order chi connectivity index (χ1) is 14.6. The first-order valence-electron chi connectivity index (χ1n) is 9.90. The second-order valence-corrected chi connectivity index (χ2v) is 7.34. The molecule has 7 heteroatoms. The molecule has 0 spiro atoms.